The summed E-state index contributed by atoms with van der Waals surface area (Å²) < 4.78 is 4.21. The molecular formula is C8H16N2O3. The predicted molar refractivity (Wildman–Crippen MR) is 47.9 cm³/mol. The molecule has 3 N–H and O–H groups in total. The number of rotatable bonds is 4. The molecule has 0 spiro atoms. The van der Waals surface area contributed by atoms with E-state index in [0.717, 1.165) is 12.8 Å². The number of carbonyl (C=O) groups excluding carboxylic acids is 2. The fraction of sp³-hybridized carbons (Fsp3) is 0.750. The zero-order valence-electron chi connectivity index (χ0n) is 8.00. The summed E-state index contributed by atoms with van der Waals surface area (Å²) in [6.07, 6.45) is 1.59. The molecule has 0 aromatic heterocycles. The molecule has 0 aliphatic heterocycles. The summed E-state index contributed by atoms with van der Waals surface area (Å²) in [6, 6.07) is 0.120. The van der Waals surface area contributed by atoms with Crippen molar-refractivity contribution in [3.63, 3.8) is 0 Å². The van der Waals surface area contributed by atoms with Gasteiger partial charge >= 0.3 is 11.9 Å². The minimum atomic E-state index is -0.860. The smallest absolute Gasteiger partial charge is 0.396 e. The van der Waals surface area contributed by atoms with Crippen LogP contribution in [0.3, 0.4) is 0 Å². The molecule has 5 heteroatoms. The molecule has 0 aliphatic carbocycles. The average molecular weight is 188 g/mol. The Morgan fingerprint density at radius 2 is 2.15 bits per heavy atom. The summed E-state index contributed by atoms with van der Waals surface area (Å²) in [5.41, 5.74) is 5.49. The highest BCUT2D eigenvalue weighted by Crippen LogP contribution is 1.90. The Morgan fingerprint density at radius 3 is 2.62 bits per heavy atom. The topological polar surface area (TPSA) is 81.4 Å². The van der Waals surface area contributed by atoms with Crippen LogP contribution in [-0.2, 0) is 14.3 Å². The quantitative estimate of drug-likeness (QED) is 0.351. The van der Waals surface area contributed by atoms with E-state index in [1.165, 1.54) is 7.11 Å². The maximum atomic E-state index is 10.8. The van der Waals surface area contributed by atoms with Crippen LogP contribution in [0.2, 0.25) is 0 Å². The zero-order valence-corrected chi connectivity index (χ0v) is 8.00. The first-order valence-electron chi connectivity index (χ1n) is 4.19. The Balaban J connectivity index is 3.43. The van der Waals surface area contributed by atoms with Crippen molar-refractivity contribution in [2.45, 2.75) is 25.8 Å². The van der Waals surface area contributed by atoms with Crippen molar-refractivity contribution in [3.8, 4) is 0 Å². The van der Waals surface area contributed by atoms with Gasteiger partial charge < -0.3 is 15.8 Å². The number of nitrogens with two attached hydrogens (primary N) is 1. The van der Waals surface area contributed by atoms with Crippen LogP contribution < -0.4 is 11.1 Å². The highest BCUT2D eigenvalue weighted by atomic mass is 16.5. The van der Waals surface area contributed by atoms with Gasteiger partial charge in [0, 0.05) is 12.6 Å². The van der Waals surface area contributed by atoms with Gasteiger partial charge in [-0.3, -0.25) is 4.79 Å². The molecule has 5 nitrogen and oxygen atoms in total. The van der Waals surface area contributed by atoms with E-state index in [-0.39, 0.29) is 6.04 Å². The van der Waals surface area contributed by atoms with Crippen molar-refractivity contribution in [3.05, 3.63) is 0 Å². The normalized spacial score (nSPS) is 11.9. The third kappa shape index (κ3) is 6.10. The van der Waals surface area contributed by atoms with E-state index in [0.29, 0.717) is 6.54 Å². The number of ether oxygens (including phenoxy) is 1. The first kappa shape index (κ1) is 11.9. The second kappa shape index (κ2) is 6.42. The van der Waals surface area contributed by atoms with Gasteiger partial charge in [0.25, 0.3) is 0 Å². The Morgan fingerprint density at radius 1 is 1.54 bits per heavy atom. The summed E-state index contributed by atoms with van der Waals surface area (Å²) in [4.78, 5) is 21.4. The summed E-state index contributed by atoms with van der Waals surface area (Å²) >= 11 is 0. The summed E-state index contributed by atoms with van der Waals surface area (Å²) in [6.45, 7) is 2.34. The van der Waals surface area contributed by atoms with E-state index < -0.39 is 11.9 Å². The maximum absolute atomic E-state index is 10.8. The van der Waals surface area contributed by atoms with E-state index in [2.05, 4.69) is 10.1 Å². The summed E-state index contributed by atoms with van der Waals surface area (Å²) in [7, 11) is 1.17. The van der Waals surface area contributed by atoms with Gasteiger partial charge in [-0.2, -0.15) is 0 Å². The standard InChI is InChI=1S/C8H16N2O3/c1-6(9)4-3-5-10-7(11)8(12)13-2/h6H,3-5,9H2,1-2H3,(H,10,11). The summed E-state index contributed by atoms with van der Waals surface area (Å²) in [5, 5.41) is 2.42. The lowest BCUT2D eigenvalue weighted by Gasteiger charge is -2.05. The van der Waals surface area contributed by atoms with E-state index in [1.807, 2.05) is 6.92 Å². The van der Waals surface area contributed by atoms with Gasteiger partial charge in [-0.15, -0.1) is 0 Å². The number of esters is 1. The van der Waals surface area contributed by atoms with Gasteiger partial charge in [-0.25, -0.2) is 4.79 Å². The molecule has 0 radical (unpaired) electrons. The molecule has 0 saturated heterocycles. The fourth-order valence-corrected chi connectivity index (χ4v) is 0.791. The van der Waals surface area contributed by atoms with Crippen molar-refractivity contribution in [1.29, 1.82) is 0 Å². The van der Waals surface area contributed by atoms with Crippen LogP contribution in [0.1, 0.15) is 19.8 Å². The molecule has 1 amide bonds. The lowest BCUT2D eigenvalue weighted by atomic mass is 10.2. The molecule has 13 heavy (non-hydrogen) atoms. The van der Waals surface area contributed by atoms with Crippen LogP contribution in [0.4, 0.5) is 0 Å². The predicted octanol–water partition coefficient (Wildman–Crippen LogP) is -0.597. The number of methoxy groups -OCH3 is 1. The third-order valence-corrected chi connectivity index (χ3v) is 1.49. The molecule has 1 atom stereocenters. The average Bonchev–Trinajstić information content (AvgIpc) is 2.10. The number of nitrogens with one attached hydrogen (secondary N) is 1. The highest BCUT2D eigenvalue weighted by Gasteiger charge is 2.11. The van der Waals surface area contributed by atoms with Gasteiger partial charge in [-0.05, 0) is 19.8 Å². The Bertz CT molecular complexity index is 180. The van der Waals surface area contributed by atoms with Gasteiger partial charge in [0.1, 0.15) is 0 Å². The molecule has 0 aliphatic rings. The molecule has 1 unspecified atom stereocenters. The molecule has 0 aromatic carbocycles. The van der Waals surface area contributed by atoms with Crippen LogP contribution in [0, 0.1) is 0 Å². The second-order valence-electron chi connectivity index (χ2n) is 2.87. The molecule has 0 rings (SSSR count). The zero-order chi connectivity index (χ0) is 10.3. The van der Waals surface area contributed by atoms with Crippen LogP contribution in [0.25, 0.3) is 0 Å². The Hall–Kier alpha value is -1.10. The molecule has 0 aromatic rings. The Kier molecular flexibility index (Phi) is 5.88. The fourth-order valence-electron chi connectivity index (χ4n) is 0.791. The van der Waals surface area contributed by atoms with Crippen molar-refractivity contribution < 1.29 is 14.3 Å². The van der Waals surface area contributed by atoms with E-state index in [1.54, 1.807) is 0 Å². The molecule has 0 heterocycles. The molecule has 76 valence electrons. The van der Waals surface area contributed by atoms with Crippen molar-refractivity contribution in [1.82, 2.24) is 5.32 Å². The number of hydrogen-bond acceptors (Lipinski definition) is 4. The van der Waals surface area contributed by atoms with Crippen LogP contribution in [-0.4, -0.2) is 31.6 Å². The number of carbonyl (C=O) groups is 2. The first-order chi connectivity index (χ1) is 6.07. The number of hydrogen-bond donors (Lipinski definition) is 2. The minimum absolute atomic E-state index is 0.120. The van der Waals surface area contributed by atoms with Crippen LogP contribution >= 0.6 is 0 Å². The lowest BCUT2D eigenvalue weighted by molar-refractivity contribution is -0.152. The van der Waals surface area contributed by atoms with Gasteiger partial charge in [0.15, 0.2) is 0 Å². The van der Waals surface area contributed by atoms with Crippen LogP contribution in [0.5, 0.6) is 0 Å². The van der Waals surface area contributed by atoms with Crippen molar-refractivity contribution >= 4 is 11.9 Å². The minimum Gasteiger partial charge on any atom is -0.462 e. The van der Waals surface area contributed by atoms with Gasteiger partial charge in [0.2, 0.25) is 0 Å². The van der Waals surface area contributed by atoms with Crippen molar-refractivity contribution in [2.75, 3.05) is 13.7 Å². The van der Waals surface area contributed by atoms with E-state index >= 15 is 0 Å². The van der Waals surface area contributed by atoms with E-state index in [9.17, 15) is 9.59 Å². The SMILES string of the molecule is COC(=O)C(=O)NCCCC(C)N. The number of amides is 1. The molecule has 0 fully saturated rings. The third-order valence-electron chi connectivity index (χ3n) is 1.49. The molecule has 0 saturated carbocycles. The van der Waals surface area contributed by atoms with Gasteiger partial charge in [-0.1, -0.05) is 0 Å². The monoisotopic (exact) mass is 188 g/mol. The van der Waals surface area contributed by atoms with Crippen molar-refractivity contribution in [2.24, 2.45) is 5.73 Å². The van der Waals surface area contributed by atoms with Crippen LogP contribution in [0.15, 0.2) is 0 Å². The Labute approximate surface area is 77.6 Å². The lowest BCUT2D eigenvalue weighted by Crippen LogP contribution is -2.33. The maximum Gasteiger partial charge on any atom is 0.396 e. The largest absolute Gasteiger partial charge is 0.462 e. The first-order valence-corrected chi connectivity index (χ1v) is 4.19. The molecule has 0 bridgehead atoms. The molecular weight excluding hydrogens is 172 g/mol. The summed E-state index contributed by atoms with van der Waals surface area (Å²) in [5.74, 6) is -1.56. The second-order valence-corrected chi connectivity index (χ2v) is 2.87. The van der Waals surface area contributed by atoms with E-state index in [4.69, 9.17) is 5.73 Å². The highest BCUT2D eigenvalue weighted by molar-refractivity contribution is 6.32. The van der Waals surface area contributed by atoms with Gasteiger partial charge in [0.05, 0.1) is 7.11 Å².